The third-order valence-corrected chi connectivity index (χ3v) is 5.43. The lowest BCUT2D eigenvalue weighted by Crippen LogP contribution is -2.47. The Kier molecular flexibility index (Phi) is 5.76. The fraction of sp³-hybridized carbons (Fsp3) is 0.917. The van der Waals surface area contributed by atoms with Gasteiger partial charge in [-0.3, -0.25) is 4.79 Å². The molecule has 6 nitrogen and oxygen atoms in total. The van der Waals surface area contributed by atoms with Crippen molar-refractivity contribution in [2.45, 2.75) is 32.8 Å². The molecule has 0 aromatic heterocycles. The van der Waals surface area contributed by atoms with Gasteiger partial charge in [-0.15, -0.1) is 0 Å². The van der Waals surface area contributed by atoms with Crippen LogP contribution in [0.4, 0.5) is 0 Å². The van der Waals surface area contributed by atoms with Gasteiger partial charge < -0.3 is 9.84 Å². The fourth-order valence-corrected chi connectivity index (χ4v) is 4.34. The molecule has 3 atom stereocenters. The van der Waals surface area contributed by atoms with Gasteiger partial charge >= 0.3 is 5.97 Å². The number of nitrogens with zero attached hydrogens (tertiary/aromatic N) is 1. The van der Waals surface area contributed by atoms with Gasteiger partial charge in [0, 0.05) is 20.2 Å². The Balaban J connectivity index is 2.79. The normalized spacial score (nSPS) is 27.1. The van der Waals surface area contributed by atoms with Crippen molar-refractivity contribution in [1.29, 1.82) is 0 Å². The maximum absolute atomic E-state index is 12.3. The summed E-state index contributed by atoms with van der Waals surface area (Å²) in [6.45, 7) is 4.21. The van der Waals surface area contributed by atoms with Gasteiger partial charge in [-0.2, -0.15) is 0 Å². The molecule has 1 heterocycles. The highest BCUT2D eigenvalue weighted by atomic mass is 32.2. The minimum Gasteiger partial charge on any atom is -0.481 e. The van der Waals surface area contributed by atoms with Crippen LogP contribution in [0.3, 0.4) is 0 Å². The van der Waals surface area contributed by atoms with Crippen molar-refractivity contribution >= 4 is 16.0 Å². The molecule has 0 aromatic carbocycles. The summed E-state index contributed by atoms with van der Waals surface area (Å²) in [5.41, 5.74) is 0. The Hall–Kier alpha value is -0.660. The first-order chi connectivity index (χ1) is 8.80. The first kappa shape index (κ1) is 16.4. The molecule has 0 aromatic rings. The average molecular weight is 293 g/mol. The van der Waals surface area contributed by atoms with E-state index in [1.54, 1.807) is 0 Å². The second kappa shape index (κ2) is 6.67. The van der Waals surface area contributed by atoms with Gasteiger partial charge in [0.1, 0.15) is 0 Å². The zero-order valence-electron chi connectivity index (χ0n) is 11.7. The van der Waals surface area contributed by atoms with E-state index in [4.69, 9.17) is 9.84 Å². The number of hydrogen-bond acceptors (Lipinski definition) is 4. The van der Waals surface area contributed by atoms with E-state index in [1.165, 1.54) is 11.4 Å². The number of carboxylic acid groups (broad SMARTS) is 1. The quantitative estimate of drug-likeness (QED) is 0.782. The summed E-state index contributed by atoms with van der Waals surface area (Å²) < 4.78 is 31.0. The van der Waals surface area contributed by atoms with E-state index < -0.39 is 21.9 Å². The van der Waals surface area contributed by atoms with Gasteiger partial charge in [0.15, 0.2) is 0 Å². The molecule has 112 valence electrons. The van der Waals surface area contributed by atoms with Gasteiger partial charge in [-0.25, -0.2) is 12.7 Å². The molecule has 0 bridgehead atoms. The molecular weight excluding hydrogens is 270 g/mol. The highest BCUT2D eigenvalue weighted by Gasteiger charge is 2.36. The van der Waals surface area contributed by atoms with E-state index in [0.29, 0.717) is 19.4 Å². The number of rotatable bonds is 6. The Bertz CT molecular complexity index is 404. The Morgan fingerprint density at radius 3 is 2.58 bits per heavy atom. The van der Waals surface area contributed by atoms with Gasteiger partial charge in [-0.05, 0) is 18.8 Å². The van der Waals surface area contributed by atoms with Crippen LogP contribution in [-0.4, -0.2) is 55.9 Å². The number of hydrogen-bond donors (Lipinski definition) is 1. The fourth-order valence-electron chi connectivity index (χ4n) is 2.40. The lowest BCUT2D eigenvalue weighted by molar-refractivity contribution is -0.143. The SMILES string of the molecule is CCC(CS(=O)(=O)N1CC(C)CC(C(=O)O)C1)OC. The van der Waals surface area contributed by atoms with E-state index in [-0.39, 0.29) is 24.3 Å². The molecule has 0 radical (unpaired) electrons. The maximum Gasteiger partial charge on any atom is 0.307 e. The van der Waals surface area contributed by atoms with Gasteiger partial charge in [0.05, 0.1) is 17.8 Å². The second-order valence-electron chi connectivity index (χ2n) is 5.24. The van der Waals surface area contributed by atoms with Crippen LogP contribution < -0.4 is 0 Å². The van der Waals surface area contributed by atoms with E-state index in [2.05, 4.69) is 0 Å². The third-order valence-electron chi connectivity index (χ3n) is 3.55. The van der Waals surface area contributed by atoms with Crippen molar-refractivity contribution < 1.29 is 23.1 Å². The summed E-state index contributed by atoms with van der Waals surface area (Å²) in [5.74, 6) is -1.56. The van der Waals surface area contributed by atoms with Gasteiger partial charge in [0.2, 0.25) is 10.0 Å². The lowest BCUT2D eigenvalue weighted by Gasteiger charge is -2.34. The predicted molar refractivity (Wildman–Crippen MR) is 71.4 cm³/mol. The van der Waals surface area contributed by atoms with Crippen LogP contribution in [0.5, 0.6) is 0 Å². The minimum atomic E-state index is -3.46. The van der Waals surface area contributed by atoms with Crippen molar-refractivity contribution in [2.24, 2.45) is 11.8 Å². The maximum atomic E-state index is 12.3. The number of aliphatic carboxylic acids is 1. The standard InChI is InChI=1S/C12H23NO5S/c1-4-11(18-3)8-19(16,17)13-6-9(2)5-10(7-13)12(14)15/h9-11H,4-8H2,1-3H3,(H,14,15). The van der Waals surface area contributed by atoms with E-state index in [1.807, 2.05) is 13.8 Å². The highest BCUT2D eigenvalue weighted by molar-refractivity contribution is 7.89. The van der Waals surface area contributed by atoms with Crippen molar-refractivity contribution in [2.75, 3.05) is 26.0 Å². The van der Waals surface area contributed by atoms with Gasteiger partial charge in [0.25, 0.3) is 0 Å². The Morgan fingerprint density at radius 1 is 1.47 bits per heavy atom. The van der Waals surface area contributed by atoms with Crippen LogP contribution in [0.2, 0.25) is 0 Å². The molecular formula is C12H23NO5S. The van der Waals surface area contributed by atoms with Crippen molar-refractivity contribution in [3.05, 3.63) is 0 Å². The van der Waals surface area contributed by atoms with E-state index in [0.717, 1.165) is 0 Å². The van der Waals surface area contributed by atoms with Crippen molar-refractivity contribution in [3.8, 4) is 0 Å². The summed E-state index contributed by atoms with van der Waals surface area (Å²) in [4.78, 5) is 11.1. The van der Waals surface area contributed by atoms with Crippen molar-refractivity contribution in [1.82, 2.24) is 4.31 Å². The molecule has 19 heavy (non-hydrogen) atoms. The summed E-state index contributed by atoms with van der Waals surface area (Å²) >= 11 is 0. The predicted octanol–water partition coefficient (Wildman–Crippen LogP) is 0.784. The average Bonchev–Trinajstić information content (AvgIpc) is 2.35. The van der Waals surface area contributed by atoms with Crippen LogP contribution in [0.25, 0.3) is 0 Å². The van der Waals surface area contributed by atoms with Crippen molar-refractivity contribution in [3.63, 3.8) is 0 Å². The number of carboxylic acids is 1. The number of ether oxygens (including phenoxy) is 1. The van der Waals surface area contributed by atoms with Crippen LogP contribution >= 0.6 is 0 Å². The van der Waals surface area contributed by atoms with Crippen LogP contribution in [0.1, 0.15) is 26.7 Å². The number of piperidine rings is 1. The molecule has 1 saturated heterocycles. The molecule has 0 saturated carbocycles. The summed E-state index contributed by atoms with van der Waals surface area (Å²) in [6, 6.07) is 0. The summed E-state index contributed by atoms with van der Waals surface area (Å²) in [7, 11) is -1.97. The van der Waals surface area contributed by atoms with Crippen LogP contribution in [0.15, 0.2) is 0 Å². The number of carbonyl (C=O) groups is 1. The first-order valence-electron chi connectivity index (χ1n) is 6.53. The van der Waals surface area contributed by atoms with E-state index in [9.17, 15) is 13.2 Å². The summed E-state index contributed by atoms with van der Waals surface area (Å²) in [5, 5.41) is 9.07. The molecule has 1 aliphatic heterocycles. The first-order valence-corrected chi connectivity index (χ1v) is 8.14. The van der Waals surface area contributed by atoms with Crippen LogP contribution in [0, 0.1) is 11.8 Å². The third kappa shape index (κ3) is 4.43. The topological polar surface area (TPSA) is 83.9 Å². The highest BCUT2D eigenvalue weighted by Crippen LogP contribution is 2.24. The lowest BCUT2D eigenvalue weighted by atomic mass is 9.92. The molecule has 0 spiro atoms. The largest absolute Gasteiger partial charge is 0.481 e. The zero-order chi connectivity index (χ0) is 14.6. The molecule has 0 aliphatic carbocycles. The van der Waals surface area contributed by atoms with Gasteiger partial charge in [-0.1, -0.05) is 13.8 Å². The van der Waals surface area contributed by atoms with Crippen LogP contribution in [-0.2, 0) is 19.6 Å². The smallest absolute Gasteiger partial charge is 0.307 e. The minimum absolute atomic E-state index is 0.0623. The zero-order valence-corrected chi connectivity index (χ0v) is 12.5. The molecule has 1 rings (SSSR count). The summed E-state index contributed by atoms with van der Waals surface area (Å²) in [6.07, 6.45) is 0.801. The molecule has 7 heteroatoms. The second-order valence-corrected chi connectivity index (χ2v) is 7.25. The monoisotopic (exact) mass is 293 g/mol. The molecule has 1 fully saturated rings. The molecule has 1 N–H and O–H groups in total. The molecule has 3 unspecified atom stereocenters. The molecule has 0 amide bonds. The Morgan fingerprint density at radius 2 is 2.11 bits per heavy atom. The number of sulfonamides is 1. The van der Waals surface area contributed by atoms with E-state index >= 15 is 0 Å². The molecule has 1 aliphatic rings. The number of methoxy groups -OCH3 is 1. The Labute approximate surface area is 114 Å².